The average Bonchev–Trinajstić information content (AvgIpc) is 3.54. The molecular weight excluding hydrogens is 460 g/mol. The molecule has 1 spiro atoms. The highest BCUT2D eigenvalue weighted by atomic mass is 16.6. The Balaban J connectivity index is 1.42. The molecule has 0 aromatic heterocycles. The Morgan fingerprint density at radius 1 is 0.811 bits per heavy atom. The fourth-order valence-corrected chi connectivity index (χ4v) is 5.91. The molecule has 1 fully saturated rings. The number of fused-ring (bicyclic) bond motifs is 6. The molecule has 3 heterocycles. The number of anilines is 3. The number of hydrogen-bond acceptors (Lipinski definition) is 5. The van der Waals surface area contributed by atoms with Crippen molar-refractivity contribution in [1.82, 2.24) is 0 Å². The van der Waals surface area contributed by atoms with Crippen LogP contribution in [0.5, 0.6) is 11.5 Å². The summed E-state index contributed by atoms with van der Waals surface area (Å²) in [6.45, 7) is 6.24. The zero-order chi connectivity index (χ0) is 25.1. The van der Waals surface area contributed by atoms with E-state index in [2.05, 4.69) is 72.6 Å². The molecule has 5 heteroatoms. The van der Waals surface area contributed by atoms with E-state index in [1.165, 1.54) is 18.4 Å². The largest absolute Gasteiger partial charge is 0.456 e. The summed E-state index contributed by atoms with van der Waals surface area (Å²) < 4.78 is 12.9. The lowest BCUT2D eigenvalue weighted by molar-refractivity contribution is 0.0224. The van der Waals surface area contributed by atoms with Crippen molar-refractivity contribution in [3.8, 4) is 11.5 Å². The minimum Gasteiger partial charge on any atom is -0.456 e. The van der Waals surface area contributed by atoms with Crippen molar-refractivity contribution in [2.75, 3.05) is 23.3 Å². The third kappa shape index (κ3) is 3.34. The maximum atomic E-state index is 13.2. The molecule has 184 valence electrons. The van der Waals surface area contributed by atoms with Crippen molar-refractivity contribution in [3.63, 3.8) is 0 Å². The molecule has 4 aromatic carbocycles. The van der Waals surface area contributed by atoms with E-state index in [1.807, 2.05) is 30.3 Å². The number of carbonyl (C=O) groups is 1. The number of hydrogen-bond donors (Lipinski definition) is 1. The highest BCUT2D eigenvalue weighted by Crippen LogP contribution is 2.57. The van der Waals surface area contributed by atoms with Crippen LogP contribution in [-0.2, 0) is 10.3 Å². The van der Waals surface area contributed by atoms with Crippen molar-refractivity contribution in [3.05, 3.63) is 112 Å². The normalized spacial score (nSPS) is 19.2. The molecular formula is C32H28N2O3. The molecule has 0 bridgehead atoms. The lowest BCUT2D eigenvalue weighted by Crippen LogP contribution is -2.33. The number of carbonyl (C=O) groups excluding carboxylic acids is 1. The van der Waals surface area contributed by atoms with Crippen LogP contribution in [0.15, 0.2) is 78.9 Å². The van der Waals surface area contributed by atoms with Crippen LogP contribution < -0.4 is 15.0 Å². The fraction of sp³-hybridized carbons (Fsp3) is 0.219. The molecule has 4 aromatic rings. The number of nitrogens with one attached hydrogen (secondary N) is 1. The van der Waals surface area contributed by atoms with Gasteiger partial charge in [0.25, 0.3) is 0 Å². The molecule has 0 aliphatic carbocycles. The van der Waals surface area contributed by atoms with Gasteiger partial charge in [0, 0.05) is 52.9 Å². The standard InChI is InChI=1S/C32H28N2O3/c1-20-9-11-22(12-10-20)33-28-19-27-29(17-21(28)2)36-30-18-23(34-15-5-6-16-34)13-14-26(30)32(27)25-8-4-3-7-24(25)31(35)37-32/h3-4,7-14,17-19,33H,5-6,15-16H2,1-2H3. The SMILES string of the molecule is Cc1ccc(Nc2cc3c(cc2C)Oc2cc(N4CCCC4)ccc2C32OC(=O)c3ccccc32)cc1. The summed E-state index contributed by atoms with van der Waals surface area (Å²) in [6, 6.07) is 26.5. The van der Waals surface area contributed by atoms with Crippen LogP contribution in [0.1, 0.15) is 51.0 Å². The Morgan fingerprint density at radius 2 is 1.57 bits per heavy atom. The van der Waals surface area contributed by atoms with Crippen LogP contribution in [0.2, 0.25) is 0 Å². The summed E-state index contributed by atoms with van der Waals surface area (Å²) in [5.41, 5.74) is 7.40. The Kier molecular flexibility index (Phi) is 4.83. The lowest BCUT2D eigenvalue weighted by atomic mass is 9.77. The summed E-state index contributed by atoms with van der Waals surface area (Å²) in [6.07, 6.45) is 2.40. The van der Waals surface area contributed by atoms with Gasteiger partial charge in [-0.1, -0.05) is 35.9 Å². The van der Waals surface area contributed by atoms with E-state index in [0.717, 1.165) is 58.2 Å². The molecule has 37 heavy (non-hydrogen) atoms. The summed E-state index contributed by atoms with van der Waals surface area (Å²) in [7, 11) is 0. The topological polar surface area (TPSA) is 50.8 Å². The molecule has 1 atom stereocenters. The molecule has 3 aliphatic rings. The minimum atomic E-state index is -1.07. The second-order valence-electron chi connectivity index (χ2n) is 10.2. The summed E-state index contributed by atoms with van der Waals surface area (Å²) in [5, 5.41) is 3.56. The summed E-state index contributed by atoms with van der Waals surface area (Å²) >= 11 is 0. The Bertz CT molecular complexity index is 1550. The third-order valence-electron chi connectivity index (χ3n) is 7.84. The molecule has 1 N–H and O–H groups in total. The van der Waals surface area contributed by atoms with Gasteiger partial charge in [0.05, 0.1) is 5.56 Å². The van der Waals surface area contributed by atoms with Crippen molar-refractivity contribution in [2.45, 2.75) is 32.3 Å². The highest BCUT2D eigenvalue weighted by molar-refractivity contribution is 5.97. The maximum absolute atomic E-state index is 13.2. The van der Waals surface area contributed by atoms with E-state index in [4.69, 9.17) is 9.47 Å². The van der Waals surface area contributed by atoms with Crippen LogP contribution in [0.25, 0.3) is 0 Å². The molecule has 0 amide bonds. The molecule has 1 saturated heterocycles. The zero-order valence-electron chi connectivity index (χ0n) is 21.0. The third-order valence-corrected chi connectivity index (χ3v) is 7.84. The molecule has 3 aliphatic heterocycles. The number of esters is 1. The van der Waals surface area contributed by atoms with Gasteiger partial charge in [0.2, 0.25) is 0 Å². The number of ether oxygens (including phenoxy) is 2. The Hall–Kier alpha value is -4.25. The second kappa shape index (κ2) is 8.13. The van der Waals surface area contributed by atoms with Gasteiger partial charge in [0.1, 0.15) is 11.5 Å². The van der Waals surface area contributed by atoms with Gasteiger partial charge in [-0.3, -0.25) is 0 Å². The first kappa shape index (κ1) is 22.0. The van der Waals surface area contributed by atoms with Crippen molar-refractivity contribution in [1.29, 1.82) is 0 Å². The van der Waals surface area contributed by atoms with Crippen LogP contribution in [0.3, 0.4) is 0 Å². The summed E-state index contributed by atoms with van der Waals surface area (Å²) in [5.74, 6) is 1.13. The molecule has 0 saturated carbocycles. The second-order valence-corrected chi connectivity index (χ2v) is 10.2. The number of benzene rings is 4. The smallest absolute Gasteiger partial charge is 0.340 e. The van der Waals surface area contributed by atoms with Gasteiger partial charge in [-0.25, -0.2) is 4.79 Å². The quantitative estimate of drug-likeness (QED) is 0.309. The van der Waals surface area contributed by atoms with E-state index in [-0.39, 0.29) is 5.97 Å². The lowest BCUT2D eigenvalue weighted by Gasteiger charge is -2.37. The first-order valence-electron chi connectivity index (χ1n) is 12.9. The van der Waals surface area contributed by atoms with Crippen molar-refractivity contribution in [2.24, 2.45) is 0 Å². The molecule has 7 rings (SSSR count). The van der Waals surface area contributed by atoms with Crippen LogP contribution in [0, 0.1) is 13.8 Å². The maximum Gasteiger partial charge on any atom is 0.340 e. The molecule has 0 radical (unpaired) electrons. The number of nitrogens with zero attached hydrogens (tertiary/aromatic N) is 1. The van der Waals surface area contributed by atoms with Crippen molar-refractivity contribution < 1.29 is 14.3 Å². The van der Waals surface area contributed by atoms with Crippen molar-refractivity contribution >= 4 is 23.0 Å². The van der Waals surface area contributed by atoms with E-state index < -0.39 is 5.60 Å². The van der Waals surface area contributed by atoms with Gasteiger partial charge < -0.3 is 19.7 Å². The van der Waals surface area contributed by atoms with Crippen LogP contribution >= 0.6 is 0 Å². The molecule has 5 nitrogen and oxygen atoms in total. The molecule has 1 unspecified atom stereocenters. The first-order chi connectivity index (χ1) is 18.0. The van der Waals surface area contributed by atoms with E-state index in [1.54, 1.807) is 0 Å². The van der Waals surface area contributed by atoms with Gasteiger partial charge in [-0.15, -0.1) is 0 Å². The van der Waals surface area contributed by atoms with Gasteiger partial charge >= 0.3 is 5.97 Å². The van der Waals surface area contributed by atoms with E-state index in [0.29, 0.717) is 11.3 Å². The zero-order valence-corrected chi connectivity index (χ0v) is 21.0. The van der Waals surface area contributed by atoms with Gasteiger partial charge in [-0.2, -0.15) is 0 Å². The Morgan fingerprint density at radius 3 is 2.38 bits per heavy atom. The fourth-order valence-electron chi connectivity index (χ4n) is 5.91. The minimum absolute atomic E-state index is 0.313. The van der Waals surface area contributed by atoms with Crippen LogP contribution in [-0.4, -0.2) is 19.1 Å². The summed E-state index contributed by atoms with van der Waals surface area (Å²) in [4.78, 5) is 15.6. The number of rotatable bonds is 3. The van der Waals surface area contributed by atoms with E-state index in [9.17, 15) is 4.79 Å². The highest BCUT2D eigenvalue weighted by Gasteiger charge is 2.53. The van der Waals surface area contributed by atoms with Gasteiger partial charge in [0.15, 0.2) is 5.60 Å². The van der Waals surface area contributed by atoms with Crippen LogP contribution in [0.4, 0.5) is 17.1 Å². The average molecular weight is 489 g/mol. The predicted molar refractivity (Wildman–Crippen MR) is 145 cm³/mol. The Labute approximate surface area is 216 Å². The van der Waals surface area contributed by atoms with E-state index >= 15 is 0 Å². The van der Waals surface area contributed by atoms with Gasteiger partial charge in [-0.05, 0) is 74.7 Å². The monoisotopic (exact) mass is 488 g/mol. The number of aryl methyl sites for hydroxylation is 2. The first-order valence-corrected chi connectivity index (χ1v) is 12.9. The predicted octanol–water partition coefficient (Wildman–Crippen LogP) is 7.22.